The fourth-order valence-corrected chi connectivity index (χ4v) is 2.80. The lowest BCUT2D eigenvalue weighted by Gasteiger charge is -2.17. The van der Waals surface area contributed by atoms with Gasteiger partial charge in [-0.25, -0.2) is 4.68 Å². The Bertz CT molecular complexity index is 1050. The highest BCUT2D eigenvalue weighted by atomic mass is 19.4. The number of hydrogen-bond donors (Lipinski definition) is 3. The first kappa shape index (κ1) is 20.9. The number of carboxylic acids is 1. The third-order valence-corrected chi connectivity index (χ3v) is 4.25. The van der Waals surface area contributed by atoms with Crippen LogP contribution in [-0.2, 0) is 11.0 Å². The van der Waals surface area contributed by atoms with Crippen LogP contribution in [0.2, 0.25) is 0 Å². The third-order valence-electron chi connectivity index (χ3n) is 4.25. The number of benzene rings is 2. The molecule has 3 aromatic rings. The van der Waals surface area contributed by atoms with Crippen molar-refractivity contribution in [2.75, 3.05) is 0 Å². The zero-order valence-electron chi connectivity index (χ0n) is 15.3. The van der Waals surface area contributed by atoms with E-state index in [1.165, 1.54) is 0 Å². The summed E-state index contributed by atoms with van der Waals surface area (Å²) in [6, 6.07) is 12.3. The Kier molecular flexibility index (Phi) is 5.77. The highest BCUT2D eigenvalue weighted by Gasteiger charge is 2.30. The molecule has 3 rings (SSSR count). The van der Waals surface area contributed by atoms with Crippen LogP contribution in [0.3, 0.4) is 0 Å². The van der Waals surface area contributed by atoms with Gasteiger partial charge >= 0.3 is 12.1 Å². The molecular formula is C20H16F3N3O4. The van der Waals surface area contributed by atoms with Crippen molar-refractivity contribution in [3.05, 3.63) is 77.5 Å². The molecule has 1 aromatic heterocycles. The first-order chi connectivity index (χ1) is 14.1. The first-order valence-electron chi connectivity index (χ1n) is 8.69. The van der Waals surface area contributed by atoms with Crippen LogP contribution in [-0.4, -0.2) is 31.9 Å². The molecule has 1 atom stereocenters. The average molecular weight is 419 g/mol. The lowest BCUT2D eigenvalue weighted by atomic mass is 10.0. The maximum Gasteiger partial charge on any atom is 0.416 e. The van der Waals surface area contributed by atoms with Gasteiger partial charge in [0.2, 0.25) is 5.88 Å². The molecule has 0 bridgehead atoms. The number of carboxylic acid groups (broad SMARTS) is 1. The van der Waals surface area contributed by atoms with Crippen molar-refractivity contribution < 1.29 is 33.0 Å². The summed E-state index contributed by atoms with van der Waals surface area (Å²) < 4.78 is 39.4. The van der Waals surface area contributed by atoms with Crippen LogP contribution in [0.15, 0.2) is 60.7 Å². The van der Waals surface area contributed by atoms with E-state index in [0.717, 1.165) is 35.0 Å². The van der Waals surface area contributed by atoms with E-state index in [1.807, 2.05) is 0 Å². The maximum atomic E-state index is 12.7. The predicted molar refractivity (Wildman–Crippen MR) is 99.1 cm³/mol. The number of alkyl halides is 3. The van der Waals surface area contributed by atoms with E-state index in [4.69, 9.17) is 5.11 Å². The number of hydrogen-bond acceptors (Lipinski definition) is 4. The average Bonchev–Trinajstić information content (AvgIpc) is 3.09. The minimum Gasteiger partial charge on any atom is -0.493 e. The summed E-state index contributed by atoms with van der Waals surface area (Å²) in [6.07, 6.45) is -5.09. The molecule has 0 spiro atoms. The van der Waals surface area contributed by atoms with Gasteiger partial charge in [-0.2, -0.15) is 18.3 Å². The molecule has 0 fully saturated rings. The number of carbonyl (C=O) groups is 2. The lowest BCUT2D eigenvalue weighted by Crippen LogP contribution is -2.30. The van der Waals surface area contributed by atoms with Gasteiger partial charge in [0.25, 0.3) is 5.91 Å². The number of aromatic nitrogens is 2. The highest BCUT2D eigenvalue weighted by Crippen LogP contribution is 2.30. The van der Waals surface area contributed by atoms with Gasteiger partial charge in [0.15, 0.2) is 5.69 Å². The molecule has 3 N–H and O–H groups in total. The Hall–Kier alpha value is -3.82. The summed E-state index contributed by atoms with van der Waals surface area (Å²) in [5.41, 5.74) is -0.388. The molecular weight excluding hydrogens is 403 g/mol. The Morgan fingerprint density at radius 2 is 1.70 bits per heavy atom. The number of aliphatic carboxylic acids is 1. The van der Waals surface area contributed by atoms with Crippen LogP contribution in [0.5, 0.6) is 5.88 Å². The molecule has 0 aliphatic heterocycles. The summed E-state index contributed by atoms with van der Waals surface area (Å²) in [5.74, 6) is -2.35. The highest BCUT2D eigenvalue weighted by molar-refractivity contribution is 5.93. The van der Waals surface area contributed by atoms with Crippen LogP contribution in [0.4, 0.5) is 13.2 Å². The monoisotopic (exact) mass is 419 g/mol. The van der Waals surface area contributed by atoms with Crippen molar-refractivity contribution >= 4 is 11.9 Å². The molecule has 0 saturated carbocycles. The van der Waals surface area contributed by atoms with Gasteiger partial charge in [-0.1, -0.05) is 30.3 Å². The Labute approximate surface area is 168 Å². The number of para-hydroxylation sites is 1. The molecule has 1 heterocycles. The van der Waals surface area contributed by atoms with E-state index in [1.54, 1.807) is 30.3 Å². The molecule has 7 nitrogen and oxygen atoms in total. The predicted octanol–water partition coefficient (Wildman–Crippen LogP) is 3.54. The molecule has 1 amide bonds. The summed E-state index contributed by atoms with van der Waals surface area (Å²) >= 11 is 0. The fourth-order valence-electron chi connectivity index (χ4n) is 2.80. The number of aromatic hydroxyl groups is 1. The van der Waals surface area contributed by atoms with Crippen LogP contribution in [0.1, 0.15) is 34.1 Å². The molecule has 1 unspecified atom stereocenters. The standard InChI is InChI=1S/C20H16F3N3O4/c21-20(22,23)13-8-6-12(7-9-13)15(11-18(28)29)24-19(30)16-10-17(27)26(25-16)14-4-2-1-3-5-14/h1-10,15,27H,11H2,(H,24,30)(H,28,29). The van der Waals surface area contributed by atoms with E-state index < -0.39 is 36.1 Å². The number of nitrogens with one attached hydrogen (secondary N) is 1. The van der Waals surface area contributed by atoms with E-state index in [2.05, 4.69) is 10.4 Å². The van der Waals surface area contributed by atoms with Gasteiger partial charge in [0, 0.05) is 6.07 Å². The Morgan fingerprint density at radius 3 is 2.27 bits per heavy atom. The van der Waals surface area contributed by atoms with Crippen molar-refractivity contribution in [3.63, 3.8) is 0 Å². The smallest absolute Gasteiger partial charge is 0.416 e. The van der Waals surface area contributed by atoms with Crippen molar-refractivity contribution in [2.45, 2.75) is 18.6 Å². The zero-order chi connectivity index (χ0) is 21.9. The SMILES string of the molecule is O=C(O)CC(NC(=O)c1cc(O)n(-c2ccccc2)n1)c1ccc(C(F)(F)F)cc1. The zero-order valence-corrected chi connectivity index (χ0v) is 15.3. The maximum absolute atomic E-state index is 12.7. The fraction of sp³-hybridized carbons (Fsp3) is 0.150. The van der Waals surface area contributed by atoms with Crippen LogP contribution >= 0.6 is 0 Å². The Balaban J connectivity index is 1.83. The van der Waals surface area contributed by atoms with Crippen molar-refractivity contribution in [1.29, 1.82) is 0 Å². The molecule has 0 aliphatic rings. The normalized spacial score (nSPS) is 12.4. The summed E-state index contributed by atoms with van der Waals surface area (Å²) in [5, 5.41) is 25.6. The summed E-state index contributed by atoms with van der Waals surface area (Å²) in [4.78, 5) is 23.7. The number of carbonyl (C=O) groups excluding carboxylic acids is 1. The molecule has 30 heavy (non-hydrogen) atoms. The van der Waals surface area contributed by atoms with Crippen LogP contribution in [0, 0.1) is 0 Å². The second-order valence-corrected chi connectivity index (χ2v) is 6.38. The third kappa shape index (κ3) is 4.77. The summed E-state index contributed by atoms with van der Waals surface area (Å²) in [7, 11) is 0. The number of rotatable bonds is 6. The molecule has 156 valence electrons. The second kappa shape index (κ2) is 8.27. The number of halogens is 3. The molecule has 10 heteroatoms. The largest absolute Gasteiger partial charge is 0.493 e. The number of amides is 1. The van der Waals surface area contributed by atoms with Crippen molar-refractivity contribution in [3.8, 4) is 11.6 Å². The van der Waals surface area contributed by atoms with Crippen molar-refractivity contribution in [1.82, 2.24) is 15.1 Å². The van der Waals surface area contributed by atoms with Gasteiger partial charge in [-0.3, -0.25) is 9.59 Å². The minimum atomic E-state index is -4.54. The minimum absolute atomic E-state index is 0.182. The molecule has 0 radical (unpaired) electrons. The molecule has 0 saturated heterocycles. The van der Waals surface area contributed by atoms with E-state index in [-0.39, 0.29) is 17.1 Å². The van der Waals surface area contributed by atoms with Crippen LogP contribution < -0.4 is 5.32 Å². The number of nitrogens with zero attached hydrogens (tertiary/aromatic N) is 2. The Morgan fingerprint density at radius 1 is 1.07 bits per heavy atom. The first-order valence-corrected chi connectivity index (χ1v) is 8.69. The lowest BCUT2D eigenvalue weighted by molar-refractivity contribution is -0.138. The van der Waals surface area contributed by atoms with Crippen LogP contribution in [0.25, 0.3) is 5.69 Å². The van der Waals surface area contributed by atoms with Gasteiger partial charge in [0.1, 0.15) is 0 Å². The van der Waals surface area contributed by atoms with Gasteiger partial charge in [0.05, 0.1) is 23.7 Å². The van der Waals surface area contributed by atoms with Gasteiger partial charge < -0.3 is 15.5 Å². The van der Waals surface area contributed by atoms with E-state index in [9.17, 15) is 27.9 Å². The van der Waals surface area contributed by atoms with Crippen molar-refractivity contribution in [2.24, 2.45) is 0 Å². The quantitative estimate of drug-likeness (QED) is 0.567. The van der Waals surface area contributed by atoms with Gasteiger partial charge in [-0.15, -0.1) is 0 Å². The second-order valence-electron chi connectivity index (χ2n) is 6.38. The van der Waals surface area contributed by atoms with Gasteiger partial charge in [-0.05, 0) is 29.8 Å². The molecule has 0 aliphatic carbocycles. The van der Waals surface area contributed by atoms with E-state index >= 15 is 0 Å². The molecule has 2 aromatic carbocycles. The topological polar surface area (TPSA) is 104 Å². The van der Waals surface area contributed by atoms with E-state index in [0.29, 0.717) is 5.69 Å². The summed E-state index contributed by atoms with van der Waals surface area (Å²) in [6.45, 7) is 0.